The standard InChI is InChI=1S/C8H10BrN3O4S/c1-16-8(13)12-17(14,15)11-7-4-5(10)2-3-6(7)9/h2-4,11H,10H2,1H3,(H,12,13). The highest BCUT2D eigenvalue weighted by molar-refractivity contribution is 9.10. The largest absolute Gasteiger partial charge is 0.452 e. The quantitative estimate of drug-likeness (QED) is 0.720. The summed E-state index contributed by atoms with van der Waals surface area (Å²) >= 11 is 3.14. The molecule has 9 heteroatoms. The number of nitrogens with two attached hydrogens (primary N) is 1. The number of carbonyl (C=O) groups excluding carboxylic acids is 1. The number of hydrogen-bond donors (Lipinski definition) is 3. The van der Waals surface area contributed by atoms with Gasteiger partial charge in [-0.2, -0.15) is 8.42 Å². The van der Waals surface area contributed by atoms with Gasteiger partial charge in [-0.3, -0.25) is 4.72 Å². The van der Waals surface area contributed by atoms with E-state index in [1.54, 1.807) is 16.9 Å². The van der Waals surface area contributed by atoms with Crippen LogP contribution in [-0.2, 0) is 14.9 Å². The van der Waals surface area contributed by atoms with E-state index in [2.05, 4.69) is 25.4 Å². The minimum Gasteiger partial charge on any atom is -0.452 e. The molecule has 0 spiro atoms. The number of carbonyl (C=O) groups is 1. The second-order valence-electron chi connectivity index (χ2n) is 2.94. The lowest BCUT2D eigenvalue weighted by Gasteiger charge is -2.10. The number of ether oxygens (including phenoxy) is 1. The molecule has 0 atom stereocenters. The second-order valence-corrected chi connectivity index (χ2v) is 5.21. The average Bonchev–Trinajstić information content (AvgIpc) is 2.22. The molecule has 0 aliphatic heterocycles. The zero-order chi connectivity index (χ0) is 13.1. The molecule has 0 radical (unpaired) electrons. The average molecular weight is 324 g/mol. The van der Waals surface area contributed by atoms with E-state index in [0.29, 0.717) is 10.2 Å². The molecule has 17 heavy (non-hydrogen) atoms. The fourth-order valence-corrected chi connectivity index (χ4v) is 2.23. The number of benzene rings is 1. The zero-order valence-electron chi connectivity index (χ0n) is 8.73. The molecule has 0 unspecified atom stereocenters. The Hall–Kier alpha value is -1.48. The number of hydrogen-bond acceptors (Lipinski definition) is 5. The summed E-state index contributed by atoms with van der Waals surface area (Å²) in [6, 6.07) is 4.57. The molecule has 1 aromatic rings. The summed E-state index contributed by atoms with van der Waals surface area (Å²) in [6.45, 7) is 0. The molecular weight excluding hydrogens is 314 g/mol. The number of amides is 1. The van der Waals surface area contributed by atoms with Gasteiger partial charge in [0.1, 0.15) is 0 Å². The molecule has 7 nitrogen and oxygen atoms in total. The fourth-order valence-electron chi connectivity index (χ4n) is 0.943. The van der Waals surface area contributed by atoms with Gasteiger partial charge in [-0.25, -0.2) is 9.52 Å². The third-order valence-corrected chi connectivity index (χ3v) is 3.25. The molecule has 0 fully saturated rings. The van der Waals surface area contributed by atoms with Crippen molar-refractivity contribution in [1.82, 2.24) is 4.72 Å². The number of nitrogen functional groups attached to an aromatic ring is 1. The Morgan fingerprint density at radius 1 is 1.47 bits per heavy atom. The summed E-state index contributed by atoms with van der Waals surface area (Å²) in [5.74, 6) is 0. The van der Waals surface area contributed by atoms with Crippen molar-refractivity contribution in [3.8, 4) is 0 Å². The van der Waals surface area contributed by atoms with Crippen molar-refractivity contribution in [1.29, 1.82) is 0 Å². The third kappa shape index (κ3) is 4.11. The van der Waals surface area contributed by atoms with Gasteiger partial charge < -0.3 is 10.5 Å². The third-order valence-electron chi connectivity index (χ3n) is 1.64. The second kappa shape index (κ2) is 5.23. The lowest BCUT2D eigenvalue weighted by molar-refractivity contribution is 0.177. The molecule has 94 valence electrons. The summed E-state index contributed by atoms with van der Waals surface area (Å²) in [4.78, 5) is 10.8. The van der Waals surface area contributed by atoms with Crippen LogP contribution in [0.3, 0.4) is 0 Å². The van der Waals surface area contributed by atoms with Crippen molar-refractivity contribution in [2.45, 2.75) is 0 Å². The molecule has 0 saturated heterocycles. The molecule has 0 bridgehead atoms. The molecule has 1 amide bonds. The Kier molecular flexibility index (Phi) is 4.18. The monoisotopic (exact) mass is 323 g/mol. The fraction of sp³-hybridized carbons (Fsp3) is 0.125. The smallest absolute Gasteiger partial charge is 0.422 e. The Labute approximate surface area is 107 Å². The summed E-state index contributed by atoms with van der Waals surface area (Å²) in [5, 5.41) is 0. The Morgan fingerprint density at radius 2 is 2.12 bits per heavy atom. The van der Waals surface area contributed by atoms with E-state index >= 15 is 0 Å². The van der Waals surface area contributed by atoms with Crippen molar-refractivity contribution < 1.29 is 17.9 Å². The molecule has 1 rings (SSSR count). The molecule has 0 saturated carbocycles. The van der Waals surface area contributed by atoms with Gasteiger partial charge in [0, 0.05) is 10.2 Å². The van der Waals surface area contributed by atoms with E-state index in [-0.39, 0.29) is 5.69 Å². The van der Waals surface area contributed by atoms with Crippen LogP contribution < -0.4 is 15.2 Å². The minimum absolute atomic E-state index is 0.210. The number of nitrogens with one attached hydrogen (secondary N) is 2. The van der Waals surface area contributed by atoms with Gasteiger partial charge in [0.2, 0.25) is 0 Å². The van der Waals surface area contributed by atoms with Crippen molar-refractivity contribution in [2.75, 3.05) is 17.6 Å². The first-order valence-corrected chi connectivity index (χ1v) is 6.55. The Morgan fingerprint density at radius 3 is 2.71 bits per heavy atom. The topological polar surface area (TPSA) is 111 Å². The predicted octanol–water partition coefficient (Wildman–Crippen LogP) is 1.04. The van der Waals surface area contributed by atoms with E-state index < -0.39 is 16.3 Å². The van der Waals surface area contributed by atoms with Crippen LogP contribution in [0.4, 0.5) is 16.2 Å². The van der Waals surface area contributed by atoms with Crippen LogP contribution in [0.2, 0.25) is 0 Å². The maximum Gasteiger partial charge on any atom is 0.422 e. The number of methoxy groups -OCH3 is 1. The van der Waals surface area contributed by atoms with Gasteiger partial charge in [0.25, 0.3) is 0 Å². The summed E-state index contributed by atoms with van der Waals surface area (Å²) in [7, 11) is -2.99. The van der Waals surface area contributed by atoms with Crippen LogP contribution in [-0.4, -0.2) is 21.6 Å². The first-order chi connectivity index (χ1) is 7.84. The Balaban J connectivity index is 2.90. The van der Waals surface area contributed by atoms with Gasteiger partial charge in [-0.15, -0.1) is 0 Å². The maximum atomic E-state index is 11.4. The SMILES string of the molecule is COC(=O)NS(=O)(=O)Nc1cc(N)ccc1Br. The van der Waals surface area contributed by atoms with E-state index in [4.69, 9.17) is 5.73 Å². The van der Waals surface area contributed by atoms with Crippen LogP contribution in [0, 0.1) is 0 Å². The molecule has 0 aliphatic rings. The first kappa shape index (κ1) is 13.6. The highest BCUT2D eigenvalue weighted by Gasteiger charge is 2.15. The summed E-state index contributed by atoms with van der Waals surface area (Å²) in [5.41, 5.74) is 6.09. The summed E-state index contributed by atoms with van der Waals surface area (Å²) in [6.07, 6.45) is -1.09. The molecule has 0 aliphatic carbocycles. The van der Waals surface area contributed by atoms with Gasteiger partial charge in [0.15, 0.2) is 0 Å². The van der Waals surface area contributed by atoms with E-state index in [0.717, 1.165) is 7.11 Å². The lowest BCUT2D eigenvalue weighted by atomic mass is 10.3. The highest BCUT2D eigenvalue weighted by atomic mass is 79.9. The normalized spacial score (nSPS) is 10.7. The van der Waals surface area contributed by atoms with Gasteiger partial charge in [-0.1, -0.05) is 0 Å². The predicted molar refractivity (Wildman–Crippen MR) is 66.6 cm³/mol. The van der Waals surface area contributed by atoms with E-state index in [1.807, 2.05) is 0 Å². The minimum atomic E-state index is -4.05. The van der Waals surface area contributed by atoms with E-state index in [1.165, 1.54) is 6.07 Å². The molecule has 0 heterocycles. The molecule has 1 aromatic carbocycles. The molecule has 0 aromatic heterocycles. The van der Waals surface area contributed by atoms with Gasteiger partial charge >= 0.3 is 16.3 Å². The van der Waals surface area contributed by atoms with Gasteiger partial charge in [0.05, 0.1) is 12.8 Å². The van der Waals surface area contributed by atoms with Crippen molar-refractivity contribution >= 4 is 43.6 Å². The molecular formula is C8H10BrN3O4S. The van der Waals surface area contributed by atoms with Crippen LogP contribution in [0.1, 0.15) is 0 Å². The Bertz CT molecular complexity index is 532. The number of halogens is 1. The van der Waals surface area contributed by atoms with Crippen molar-refractivity contribution in [2.24, 2.45) is 0 Å². The highest BCUT2D eigenvalue weighted by Crippen LogP contribution is 2.25. The summed E-state index contributed by atoms with van der Waals surface area (Å²) < 4.78 is 31.3. The zero-order valence-corrected chi connectivity index (χ0v) is 11.1. The lowest BCUT2D eigenvalue weighted by Crippen LogP contribution is -2.35. The van der Waals surface area contributed by atoms with Gasteiger partial charge in [-0.05, 0) is 34.1 Å². The van der Waals surface area contributed by atoms with Crippen LogP contribution in [0.5, 0.6) is 0 Å². The van der Waals surface area contributed by atoms with Crippen LogP contribution >= 0.6 is 15.9 Å². The maximum absolute atomic E-state index is 11.4. The van der Waals surface area contributed by atoms with E-state index in [9.17, 15) is 13.2 Å². The van der Waals surface area contributed by atoms with Crippen LogP contribution in [0.15, 0.2) is 22.7 Å². The van der Waals surface area contributed by atoms with Crippen molar-refractivity contribution in [3.05, 3.63) is 22.7 Å². The molecule has 4 N–H and O–H groups in total. The first-order valence-electron chi connectivity index (χ1n) is 4.27. The number of rotatable bonds is 3. The van der Waals surface area contributed by atoms with Crippen LogP contribution in [0.25, 0.3) is 0 Å². The van der Waals surface area contributed by atoms with Crippen molar-refractivity contribution in [3.63, 3.8) is 0 Å². The number of anilines is 2.